The summed E-state index contributed by atoms with van der Waals surface area (Å²) < 4.78 is 1.84. The van der Waals surface area contributed by atoms with Crippen LogP contribution in [0.1, 0.15) is 19.0 Å². The van der Waals surface area contributed by atoms with E-state index in [1.54, 1.807) is 6.20 Å². The first-order valence-corrected chi connectivity index (χ1v) is 8.07. The van der Waals surface area contributed by atoms with Gasteiger partial charge in [0.05, 0.1) is 12.2 Å². The predicted molar refractivity (Wildman–Crippen MR) is 111 cm³/mol. The summed E-state index contributed by atoms with van der Waals surface area (Å²) in [6.45, 7) is 5.33. The van der Waals surface area contributed by atoms with E-state index in [9.17, 15) is 0 Å². The fourth-order valence-electron chi connectivity index (χ4n) is 2.14. The number of aromatic nitrogens is 2. The molecular weight excluding hydrogens is 415 g/mol. The molecule has 3 N–H and O–H groups in total. The number of aliphatic imine (C=N–C) groups is 1. The van der Waals surface area contributed by atoms with Gasteiger partial charge < -0.3 is 16.0 Å². The quantitative estimate of drug-likeness (QED) is 0.255. The average molecular weight is 442 g/mol. The van der Waals surface area contributed by atoms with E-state index in [0.29, 0.717) is 6.54 Å². The molecule has 0 atom stereocenters. The van der Waals surface area contributed by atoms with Gasteiger partial charge in [0, 0.05) is 38.6 Å². The van der Waals surface area contributed by atoms with E-state index in [1.807, 2.05) is 36.0 Å². The second-order valence-corrected chi connectivity index (χ2v) is 5.21. The molecule has 0 saturated carbocycles. The highest BCUT2D eigenvalue weighted by Crippen LogP contribution is 2.04. The number of aryl methyl sites for hydroxylation is 1. The Morgan fingerprint density at radius 1 is 1.12 bits per heavy atom. The molecule has 0 unspecified atom stereocenters. The van der Waals surface area contributed by atoms with E-state index in [4.69, 9.17) is 0 Å². The molecular formula is C17H27IN6. The van der Waals surface area contributed by atoms with Crippen LogP contribution in [0.25, 0.3) is 0 Å². The van der Waals surface area contributed by atoms with Gasteiger partial charge in [-0.05, 0) is 31.5 Å². The zero-order valence-corrected chi connectivity index (χ0v) is 16.7. The predicted octanol–water partition coefficient (Wildman–Crippen LogP) is 2.60. The first kappa shape index (κ1) is 20.3. The van der Waals surface area contributed by atoms with Crippen LogP contribution in [-0.2, 0) is 13.6 Å². The summed E-state index contributed by atoms with van der Waals surface area (Å²) in [6, 6.07) is 12.2. The molecule has 6 nitrogen and oxygen atoms in total. The molecule has 0 bridgehead atoms. The number of anilines is 1. The van der Waals surface area contributed by atoms with Gasteiger partial charge in [-0.3, -0.25) is 4.68 Å². The molecule has 0 saturated heterocycles. The molecule has 0 aliphatic rings. The minimum atomic E-state index is 0. The number of rotatable bonds is 8. The Balaban J connectivity index is 0.00000288. The van der Waals surface area contributed by atoms with Crippen LogP contribution in [0.5, 0.6) is 0 Å². The van der Waals surface area contributed by atoms with Crippen molar-refractivity contribution in [1.29, 1.82) is 0 Å². The van der Waals surface area contributed by atoms with Crippen molar-refractivity contribution in [2.45, 2.75) is 19.9 Å². The maximum absolute atomic E-state index is 4.59. The van der Waals surface area contributed by atoms with Gasteiger partial charge in [0.15, 0.2) is 5.96 Å². The van der Waals surface area contributed by atoms with Gasteiger partial charge in [-0.25, -0.2) is 4.99 Å². The molecule has 24 heavy (non-hydrogen) atoms. The number of nitrogens with one attached hydrogen (secondary N) is 3. The SMILES string of the molecule is CCNC(=NCc1ccnn1C)NCCCNc1ccccc1.I. The van der Waals surface area contributed by atoms with Crippen LogP contribution in [0.2, 0.25) is 0 Å². The van der Waals surface area contributed by atoms with Crippen molar-refractivity contribution in [3.8, 4) is 0 Å². The van der Waals surface area contributed by atoms with E-state index in [2.05, 4.69) is 45.1 Å². The van der Waals surface area contributed by atoms with Crippen molar-refractivity contribution in [3.05, 3.63) is 48.3 Å². The molecule has 7 heteroatoms. The van der Waals surface area contributed by atoms with Crippen LogP contribution in [0.3, 0.4) is 0 Å². The maximum atomic E-state index is 4.59. The highest BCUT2D eigenvalue weighted by Gasteiger charge is 2.00. The van der Waals surface area contributed by atoms with E-state index in [1.165, 1.54) is 0 Å². The van der Waals surface area contributed by atoms with Gasteiger partial charge >= 0.3 is 0 Å². The summed E-state index contributed by atoms with van der Waals surface area (Å²) in [7, 11) is 1.93. The third-order valence-electron chi connectivity index (χ3n) is 3.41. The number of benzene rings is 1. The van der Waals surface area contributed by atoms with E-state index < -0.39 is 0 Å². The first-order valence-electron chi connectivity index (χ1n) is 8.07. The second-order valence-electron chi connectivity index (χ2n) is 5.21. The molecule has 1 heterocycles. The molecule has 0 aliphatic carbocycles. The minimum absolute atomic E-state index is 0. The van der Waals surface area contributed by atoms with E-state index in [-0.39, 0.29) is 24.0 Å². The normalized spacial score (nSPS) is 10.8. The van der Waals surface area contributed by atoms with Crippen molar-refractivity contribution < 1.29 is 0 Å². The van der Waals surface area contributed by atoms with Gasteiger partial charge in [-0.2, -0.15) is 5.10 Å². The van der Waals surface area contributed by atoms with Crippen molar-refractivity contribution in [3.63, 3.8) is 0 Å². The lowest BCUT2D eigenvalue weighted by Gasteiger charge is -2.12. The van der Waals surface area contributed by atoms with Crippen LogP contribution in [0, 0.1) is 0 Å². The van der Waals surface area contributed by atoms with Gasteiger partial charge in [0.2, 0.25) is 0 Å². The summed E-state index contributed by atoms with van der Waals surface area (Å²) >= 11 is 0. The largest absolute Gasteiger partial charge is 0.385 e. The Kier molecular flexibility index (Phi) is 9.90. The van der Waals surface area contributed by atoms with Crippen molar-refractivity contribution in [2.75, 3.05) is 25.0 Å². The Bertz CT molecular complexity index is 596. The van der Waals surface area contributed by atoms with Crippen LogP contribution in [0.15, 0.2) is 47.6 Å². The van der Waals surface area contributed by atoms with Gasteiger partial charge in [0.25, 0.3) is 0 Å². The summed E-state index contributed by atoms with van der Waals surface area (Å²) in [4.78, 5) is 4.59. The van der Waals surface area contributed by atoms with Crippen LogP contribution in [-0.4, -0.2) is 35.4 Å². The summed E-state index contributed by atoms with van der Waals surface area (Å²) in [5.74, 6) is 0.841. The fraction of sp³-hybridized carbons (Fsp3) is 0.412. The molecule has 0 fully saturated rings. The number of hydrogen-bond donors (Lipinski definition) is 3. The van der Waals surface area contributed by atoms with Gasteiger partial charge in [-0.15, -0.1) is 24.0 Å². The lowest BCUT2D eigenvalue weighted by Crippen LogP contribution is -2.38. The monoisotopic (exact) mass is 442 g/mol. The molecule has 1 aromatic carbocycles. The van der Waals surface area contributed by atoms with E-state index >= 15 is 0 Å². The lowest BCUT2D eigenvalue weighted by molar-refractivity contribution is 0.705. The van der Waals surface area contributed by atoms with Gasteiger partial charge in [0.1, 0.15) is 0 Å². The van der Waals surface area contributed by atoms with Gasteiger partial charge in [-0.1, -0.05) is 18.2 Å². The minimum Gasteiger partial charge on any atom is -0.385 e. The highest BCUT2D eigenvalue weighted by atomic mass is 127. The van der Waals surface area contributed by atoms with Crippen LogP contribution in [0.4, 0.5) is 5.69 Å². The number of halogens is 1. The van der Waals surface area contributed by atoms with Crippen LogP contribution >= 0.6 is 24.0 Å². The molecule has 0 aliphatic heterocycles. The lowest BCUT2D eigenvalue weighted by atomic mass is 10.3. The van der Waals surface area contributed by atoms with Crippen molar-refractivity contribution in [1.82, 2.24) is 20.4 Å². The number of para-hydroxylation sites is 1. The Morgan fingerprint density at radius 2 is 1.92 bits per heavy atom. The standard InChI is InChI=1S/C17H26N6.HI/c1-3-18-17(21-14-16-10-13-22-23(16)2)20-12-7-11-19-15-8-5-4-6-9-15;/h4-6,8-10,13,19H,3,7,11-12,14H2,1-2H3,(H2,18,20,21);1H. The first-order chi connectivity index (χ1) is 11.3. The fourth-order valence-corrected chi connectivity index (χ4v) is 2.14. The van der Waals surface area contributed by atoms with Crippen molar-refractivity contribution in [2.24, 2.45) is 12.0 Å². The molecule has 0 amide bonds. The molecule has 2 rings (SSSR count). The molecule has 0 radical (unpaired) electrons. The zero-order chi connectivity index (χ0) is 16.3. The average Bonchev–Trinajstić information content (AvgIpc) is 2.98. The highest BCUT2D eigenvalue weighted by molar-refractivity contribution is 14.0. The molecule has 0 spiro atoms. The Hall–Kier alpha value is -1.77. The summed E-state index contributed by atoms with van der Waals surface area (Å²) in [5, 5.41) is 14.2. The summed E-state index contributed by atoms with van der Waals surface area (Å²) in [5.41, 5.74) is 2.25. The van der Waals surface area contributed by atoms with Crippen LogP contribution < -0.4 is 16.0 Å². The summed E-state index contributed by atoms with van der Waals surface area (Å²) in [6.07, 6.45) is 2.81. The molecule has 1 aromatic heterocycles. The number of hydrogen-bond acceptors (Lipinski definition) is 3. The second kappa shape index (κ2) is 11.7. The van der Waals surface area contributed by atoms with Crippen molar-refractivity contribution >= 4 is 35.6 Å². The Labute approximate surface area is 161 Å². The topological polar surface area (TPSA) is 66.3 Å². The number of guanidine groups is 1. The third kappa shape index (κ3) is 7.20. The number of nitrogens with zero attached hydrogens (tertiary/aromatic N) is 3. The zero-order valence-electron chi connectivity index (χ0n) is 14.3. The molecule has 132 valence electrons. The smallest absolute Gasteiger partial charge is 0.191 e. The van der Waals surface area contributed by atoms with E-state index in [0.717, 1.165) is 43.4 Å². The maximum Gasteiger partial charge on any atom is 0.191 e. The Morgan fingerprint density at radius 3 is 2.58 bits per heavy atom. The molecule has 2 aromatic rings. The third-order valence-corrected chi connectivity index (χ3v) is 3.41.